The van der Waals surface area contributed by atoms with Gasteiger partial charge in [-0.1, -0.05) is 29.3 Å². The van der Waals surface area contributed by atoms with Crippen molar-refractivity contribution in [2.75, 3.05) is 4.90 Å². The van der Waals surface area contributed by atoms with Crippen molar-refractivity contribution >= 4 is 28.8 Å². The second-order valence-corrected chi connectivity index (χ2v) is 10.5. The zero-order valence-corrected chi connectivity index (χ0v) is 23.2. The van der Waals surface area contributed by atoms with Crippen LogP contribution >= 0.6 is 11.6 Å². The third-order valence-electron chi connectivity index (χ3n) is 7.52. The summed E-state index contributed by atoms with van der Waals surface area (Å²) < 4.78 is 19.3. The van der Waals surface area contributed by atoms with Gasteiger partial charge in [-0.2, -0.15) is 5.26 Å². The van der Waals surface area contributed by atoms with Gasteiger partial charge in [-0.15, -0.1) is 0 Å². The molecule has 0 saturated heterocycles. The number of halogens is 2. The molecular formula is C31H26ClFN4O4. The summed E-state index contributed by atoms with van der Waals surface area (Å²) in [5.41, 5.74) is 11.5. The highest BCUT2D eigenvalue weighted by atomic mass is 35.5. The number of nitrogens with zero attached hydrogens (tertiary/aromatic N) is 3. The number of nitro groups is 1. The van der Waals surface area contributed by atoms with E-state index in [9.17, 15) is 24.6 Å². The molecule has 5 rings (SSSR count). The molecular weight excluding hydrogens is 547 g/mol. The molecule has 1 heterocycles. The van der Waals surface area contributed by atoms with E-state index >= 15 is 0 Å². The Hall–Kier alpha value is -4.68. The van der Waals surface area contributed by atoms with E-state index in [0.717, 1.165) is 22.3 Å². The van der Waals surface area contributed by atoms with Gasteiger partial charge in [0.25, 0.3) is 5.69 Å². The summed E-state index contributed by atoms with van der Waals surface area (Å²) >= 11 is 6.50. The van der Waals surface area contributed by atoms with Crippen molar-refractivity contribution in [3.8, 4) is 11.8 Å². The molecule has 208 valence electrons. The van der Waals surface area contributed by atoms with Gasteiger partial charge >= 0.3 is 0 Å². The minimum atomic E-state index is -0.708. The van der Waals surface area contributed by atoms with Crippen molar-refractivity contribution in [3.05, 3.63) is 120 Å². The molecule has 0 amide bonds. The maximum Gasteiger partial charge on any atom is 0.271 e. The van der Waals surface area contributed by atoms with Crippen molar-refractivity contribution in [1.82, 2.24) is 0 Å². The molecule has 1 atom stereocenters. The molecule has 3 aromatic rings. The standard InChI is InChI=1S/C31H26ClFN4O4/c1-17-12-19(16-41-22-9-6-20(33)7-10-22)18(2)23(13-17)29-24(15-34)31(35)36(27-4-3-5-28(38)30(27)29)26-11-8-21(37(39)40)14-25(26)32/h6-14,29H,3-5,16,35H2,1-2H3. The van der Waals surface area contributed by atoms with Crippen LogP contribution < -0.4 is 15.4 Å². The lowest BCUT2D eigenvalue weighted by molar-refractivity contribution is -0.384. The number of hydrogen-bond acceptors (Lipinski definition) is 7. The molecule has 2 aliphatic rings. The fourth-order valence-electron chi connectivity index (χ4n) is 5.57. The van der Waals surface area contributed by atoms with Gasteiger partial charge < -0.3 is 10.5 Å². The summed E-state index contributed by atoms with van der Waals surface area (Å²) in [7, 11) is 0. The van der Waals surface area contributed by atoms with Crippen LogP contribution in [0.1, 0.15) is 47.4 Å². The van der Waals surface area contributed by atoms with Crippen LogP contribution in [0, 0.1) is 41.1 Å². The molecule has 3 aromatic carbocycles. The minimum Gasteiger partial charge on any atom is -0.489 e. The average molecular weight is 573 g/mol. The first-order valence-electron chi connectivity index (χ1n) is 13.0. The normalized spacial score (nSPS) is 16.9. The highest BCUT2D eigenvalue weighted by Crippen LogP contribution is 2.48. The average Bonchev–Trinajstić information content (AvgIpc) is 2.94. The van der Waals surface area contributed by atoms with E-state index in [0.29, 0.717) is 42.0 Å². The molecule has 1 aliphatic carbocycles. The van der Waals surface area contributed by atoms with Gasteiger partial charge in [0.2, 0.25) is 0 Å². The second kappa shape index (κ2) is 11.1. The molecule has 0 spiro atoms. The minimum absolute atomic E-state index is 0.0785. The predicted octanol–water partition coefficient (Wildman–Crippen LogP) is 6.89. The number of nitrogens with two attached hydrogens (primary N) is 1. The maximum atomic E-state index is 13.6. The van der Waals surface area contributed by atoms with E-state index < -0.39 is 10.8 Å². The van der Waals surface area contributed by atoms with Crippen molar-refractivity contribution in [1.29, 1.82) is 5.26 Å². The fraction of sp³-hybridized carbons (Fsp3) is 0.226. The van der Waals surface area contributed by atoms with E-state index in [2.05, 4.69) is 6.07 Å². The summed E-state index contributed by atoms with van der Waals surface area (Å²) in [6, 6.07) is 15.9. The lowest BCUT2D eigenvalue weighted by Gasteiger charge is -2.40. The van der Waals surface area contributed by atoms with Gasteiger partial charge in [-0.05, 0) is 73.7 Å². The Kier molecular flexibility index (Phi) is 7.52. The van der Waals surface area contributed by atoms with Crippen LogP contribution in [0.4, 0.5) is 15.8 Å². The number of Topliss-reactive ketones (excluding diaryl/α,β-unsaturated/α-hetero) is 1. The van der Waals surface area contributed by atoms with Gasteiger partial charge in [0.05, 0.1) is 33.2 Å². The van der Waals surface area contributed by atoms with E-state index in [1.165, 1.54) is 30.3 Å². The number of carbonyl (C=O) groups excluding carboxylic acids is 1. The number of allylic oxidation sites excluding steroid dienone is 3. The van der Waals surface area contributed by atoms with E-state index in [1.54, 1.807) is 17.0 Å². The molecule has 2 N–H and O–H groups in total. The summed E-state index contributed by atoms with van der Waals surface area (Å²) in [6.45, 7) is 4.04. The molecule has 41 heavy (non-hydrogen) atoms. The number of nitriles is 1. The number of ketones is 1. The topological polar surface area (TPSA) is 122 Å². The molecule has 10 heteroatoms. The highest BCUT2D eigenvalue weighted by molar-refractivity contribution is 6.33. The maximum absolute atomic E-state index is 13.6. The van der Waals surface area contributed by atoms with Gasteiger partial charge in [0.1, 0.15) is 24.0 Å². The number of non-ortho nitro benzene ring substituents is 1. The number of rotatable bonds is 6. The third kappa shape index (κ3) is 5.14. The Morgan fingerprint density at radius 3 is 2.56 bits per heavy atom. The zero-order chi connectivity index (χ0) is 29.4. The van der Waals surface area contributed by atoms with E-state index in [4.69, 9.17) is 22.1 Å². The summed E-state index contributed by atoms with van der Waals surface area (Å²) in [5.74, 6) is -0.532. The lowest BCUT2D eigenvalue weighted by Crippen LogP contribution is -2.39. The SMILES string of the molecule is Cc1cc(COc2ccc(F)cc2)c(C)c(C2C(C#N)=C(N)N(c3ccc([N+](=O)[O-])cc3Cl)C3=C2C(=O)CCC3)c1. The molecule has 8 nitrogen and oxygen atoms in total. The molecule has 1 aliphatic heterocycles. The second-order valence-electron chi connectivity index (χ2n) is 10.1. The Morgan fingerprint density at radius 1 is 1.17 bits per heavy atom. The Balaban J connectivity index is 1.64. The quantitative estimate of drug-likeness (QED) is 0.252. The molecule has 1 unspecified atom stereocenters. The van der Waals surface area contributed by atoms with Crippen molar-refractivity contribution in [2.45, 2.75) is 45.6 Å². The number of hydrogen-bond donors (Lipinski definition) is 1. The van der Waals surface area contributed by atoms with Crippen molar-refractivity contribution < 1.29 is 18.8 Å². The first kappa shape index (κ1) is 27.9. The first-order chi connectivity index (χ1) is 19.6. The van der Waals surface area contributed by atoms with Crippen LogP contribution in [0.3, 0.4) is 0 Å². The van der Waals surface area contributed by atoms with Crippen LogP contribution in [-0.2, 0) is 11.4 Å². The van der Waals surface area contributed by atoms with Gasteiger partial charge in [0.15, 0.2) is 5.78 Å². The summed E-state index contributed by atoms with van der Waals surface area (Å²) in [4.78, 5) is 25.9. The summed E-state index contributed by atoms with van der Waals surface area (Å²) in [6.07, 6.45) is 1.42. The predicted molar refractivity (Wildman–Crippen MR) is 153 cm³/mol. The molecule has 0 saturated carbocycles. The van der Waals surface area contributed by atoms with Gasteiger partial charge in [-0.25, -0.2) is 4.39 Å². The van der Waals surface area contributed by atoms with E-state index in [1.807, 2.05) is 26.0 Å². The van der Waals surface area contributed by atoms with Crippen LogP contribution in [0.25, 0.3) is 0 Å². The number of carbonyl (C=O) groups is 1. The molecule has 0 fully saturated rings. The zero-order valence-electron chi connectivity index (χ0n) is 22.4. The monoisotopic (exact) mass is 572 g/mol. The lowest BCUT2D eigenvalue weighted by atomic mass is 9.73. The highest BCUT2D eigenvalue weighted by Gasteiger charge is 2.41. The third-order valence-corrected chi connectivity index (χ3v) is 7.82. The number of ether oxygens (including phenoxy) is 1. The molecule has 0 bridgehead atoms. The first-order valence-corrected chi connectivity index (χ1v) is 13.4. The Labute approximate surface area is 241 Å². The molecule has 0 aromatic heterocycles. The molecule has 0 radical (unpaired) electrons. The number of benzene rings is 3. The Bertz CT molecular complexity index is 1690. The van der Waals surface area contributed by atoms with Crippen LogP contribution in [0.15, 0.2) is 77.3 Å². The van der Waals surface area contributed by atoms with Crippen molar-refractivity contribution in [2.24, 2.45) is 5.73 Å². The fourth-order valence-corrected chi connectivity index (χ4v) is 5.83. The number of anilines is 1. The summed E-state index contributed by atoms with van der Waals surface area (Å²) in [5, 5.41) is 21.8. The van der Waals surface area contributed by atoms with Gasteiger partial charge in [-0.3, -0.25) is 19.8 Å². The van der Waals surface area contributed by atoms with E-state index in [-0.39, 0.29) is 40.3 Å². The Morgan fingerprint density at radius 2 is 1.90 bits per heavy atom. The largest absolute Gasteiger partial charge is 0.489 e. The number of aryl methyl sites for hydroxylation is 1. The smallest absolute Gasteiger partial charge is 0.271 e. The van der Waals surface area contributed by atoms with Crippen molar-refractivity contribution in [3.63, 3.8) is 0 Å². The number of nitro benzene ring substituents is 1. The van der Waals surface area contributed by atoms with Crippen LogP contribution in [0.5, 0.6) is 5.75 Å². The van der Waals surface area contributed by atoms with Crippen LogP contribution in [0.2, 0.25) is 5.02 Å². The van der Waals surface area contributed by atoms with Crippen LogP contribution in [-0.4, -0.2) is 10.7 Å². The van der Waals surface area contributed by atoms with Gasteiger partial charge in [0, 0.05) is 29.8 Å².